The molecule has 3 nitrogen and oxygen atoms in total. The zero-order valence-electron chi connectivity index (χ0n) is 11.2. The Morgan fingerprint density at radius 3 is 2.61 bits per heavy atom. The number of anilines is 1. The smallest absolute Gasteiger partial charge is 0.243 e. The van der Waals surface area contributed by atoms with Crippen LogP contribution in [0.5, 0.6) is 0 Å². The van der Waals surface area contributed by atoms with Crippen LogP contribution in [0.2, 0.25) is 0 Å². The van der Waals surface area contributed by atoms with Gasteiger partial charge in [-0.2, -0.15) is 0 Å². The second-order valence-electron chi connectivity index (χ2n) is 5.64. The third-order valence-electron chi connectivity index (χ3n) is 3.90. The SMILES string of the molecule is Cc1ccc(NC2(C(N)=O)CCCC(C)C2)cc1. The summed E-state index contributed by atoms with van der Waals surface area (Å²) in [5.74, 6) is 0.318. The van der Waals surface area contributed by atoms with Gasteiger partial charge >= 0.3 is 0 Å². The van der Waals surface area contributed by atoms with Gasteiger partial charge in [0.25, 0.3) is 0 Å². The molecule has 1 amide bonds. The minimum absolute atomic E-state index is 0.227. The van der Waals surface area contributed by atoms with Crippen LogP contribution in [0.25, 0.3) is 0 Å². The third kappa shape index (κ3) is 2.66. The van der Waals surface area contributed by atoms with Gasteiger partial charge in [-0.25, -0.2) is 0 Å². The highest BCUT2D eigenvalue weighted by Crippen LogP contribution is 2.34. The Bertz CT molecular complexity index is 427. The van der Waals surface area contributed by atoms with Crippen LogP contribution in [-0.2, 0) is 4.79 Å². The minimum Gasteiger partial charge on any atom is -0.371 e. The maximum absolute atomic E-state index is 11.9. The maximum atomic E-state index is 11.9. The molecule has 1 aromatic carbocycles. The van der Waals surface area contributed by atoms with Gasteiger partial charge < -0.3 is 11.1 Å². The number of nitrogens with two attached hydrogens (primary N) is 1. The Hall–Kier alpha value is -1.51. The predicted molar refractivity (Wildman–Crippen MR) is 74.4 cm³/mol. The average molecular weight is 246 g/mol. The molecule has 0 saturated heterocycles. The Labute approximate surface area is 109 Å². The van der Waals surface area contributed by atoms with Gasteiger partial charge in [-0.05, 0) is 37.8 Å². The molecule has 18 heavy (non-hydrogen) atoms. The number of primary amides is 1. The molecule has 3 heteroatoms. The molecule has 1 fully saturated rings. The molecule has 2 rings (SSSR count). The van der Waals surface area contributed by atoms with Crippen LogP contribution in [0, 0.1) is 12.8 Å². The summed E-state index contributed by atoms with van der Waals surface area (Å²) >= 11 is 0. The quantitative estimate of drug-likeness (QED) is 0.861. The molecule has 1 aromatic rings. The lowest BCUT2D eigenvalue weighted by Crippen LogP contribution is -2.53. The van der Waals surface area contributed by atoms with E-state index in [4.69, 9.17) is 5.73 Å². The first-order chi connectivity index (χ1) is 8.52. The largest absolute Gasteiger partial charge is 0.371 e. The van der Waals surface area contributed by atoms with Crippen molar-refractivity contribution in [3.63, 3.8) is 0 Å². The first-order valence-electron chi connectivity index (χ1n) is 6.67. The average Bonchev–Trinajstić information content (AvgIpc) is 2.32. The summed E-state index contributed by atoms with van der Waals surface area (Å²) in [6, 6.07) is 8.12. The zero-order valence-corrected chi connectivity index (χ0v) is 11.2. The number of amides is 1. The predicted octanol–water partition coefficient (Wildman–Crippen LogP) is 2.84. The Kier molecular flexibility index (Phi) is 3.60. The number of rotatable bonds is 3. The summed E-state index contributed by atoms with van der Waals surface area (Å²) in [4.78, 5) is 11.9. The van der Waals surface area contributed by atoms with Crippen molar-refractivity contribution in [3.05, 3.63) is 29.8 Å². The molecule has 0 aliphatic heterocycles. The second kappa shape index (κ2) is 5.01. The van der Waals surface area contributed by atoms with Crippen molar-refractivity contribution in [2.45, 2.75) is 45.1 Å². The number of nitrogens with one attached hydrogen (secondary N) is 1. The summed E-state index contributed by atoms with van der Waals surface area (Å²) < 4.78 is 0. The van der Waals surface area contributed by atoms with Gasteiger partial charge in [0.05, 0.1) is 0 Å². The van der Waals surface area contributed by atoms with Crippen LogP contribution in [0.4, 0.5) is 5.69 Å². The van der Waals surface area contributed by atoms with Crippen LogP contribution >= 0.6 is 0 Å². The van der Waals surface area contributed by atoms with Crippen molar-refractivity contribution in [2.75, 3.05) is 5.32 Å². The molecular formula is C15H22N2O. The topological polar surface area (TPSA) is 55.1 Å². The Morgan fingerprint density at radius 1 is 1.39 bits per heavy atom. The van der Waals surface area contributed by atoms with Crippen molar-refractivity contribution in [3.8, 4) is 0 Å². The lowest BCUT2D eigenvalue weighted by Gasteiger charge is -2.38. The first-order valence-corrected chi connectivity index (χ1v) is 6.67. The molecular weight excluding hydrogens is 224 g/mol. The van der Waals surface area contributed by atoms with Crippen LogP contribution in [0.1, 0.15) is 38.2 Å². The zero-order chi connectivity index (χ0) is 13.2. The van der Waals surface area contributed by atoms with Crippen molar-refractivity contribution in [1.82, 2.24) is 0 Å². The fraction of sp³-hybridized carbons (Fsp3) is 0.533. The lowest BCUT2D eigenvalue weighted by atomic mass is 9.75. The van der Waals surface area contributed by atoms with E-state index in [9.17, 15) is 4.79 Å². The highest BCUT2D eigenvalue weighted by Gasteiger charge is 2.40. The van der Waals surface area contributed by atoms with Gasteiger partial charge in [-0.3, -0.25) is 4.79 Å². The van der Waals surface area contributed by atoms with E-state index in [-0.39, 0.29) is 5.91 Å². The molecule has 1 aliphatic rings. The van der Waals surface area contributed by atoms with Crippen molar-refractivity contribution < 1.29 is 4.79 Å². The van der Waals surface area contributed by atoms with E-state index in [1.54, 1.807) is 0 Å². The highest BCUT2D eigenvalue weighted by atomic mass is 16.1. The van der Waals surface area contributed by atoms with E-state index < -0.39 is 5.54 Å². The molecule has 0 heterocycles. The van der Waals surface area contributed by atoms with E-state index >= 15 is 0 Å². The molecule has 0 radical (unpaired) electrons. The molecule has 2 atom stereocenters. The van der Waals surface area contributed by atoms with Crippen molar-refractivity contribution in [1.29, 1.82) is 0 Å². The van der Waals surface area contributed by atoms with E-state index in [0.29, 0.717) is 5.92 Å². The fourth-order valence-corrected chi connectivity index (χ4v) is 2.86. The molecule has 1 aliphatic carbocycles. The Balaban J connectivity index is 2.20. The van der Waals surface area contributed by atoms with Gasteiger partial charge in [0.2, 0.25) is 5.91 Å². The maximum Gasteiger partial charge on any atom is 0.243 e. The molecule has 0 bridgehead atoms. The summed E-state index contributed by atoms with van der Waals surface area (Å²) in [6.07, 6.45) is 3.91. The van der Waals surface area contributed by atoms with E-state index in [2.05, 4.69) is 19.2 Å². The first kappa shape index (κ1) is 12.9. The summed E-state index contributed by atoms with van der Waals surface area (Å²) in [5, 5.41) is 3.38. The van der Waals surface area contributed by atoms with Crippen LogP contribution in [-0.4, -0.2) is 11.4 Å². The number of benzene rings is 1. The van der Waals surface area contributed by atoms with Gasteiger partial charge in [0.1, 0.15) is 5.54 Å². The van der Waals surface area contributed by atoms with Crippen LogP contribution in [0.15, 0.2) is 24.3 Å². The third-order valence-corrected chi connectivity index (χ3v) is 3.90. The molecule has 2 unspecified atom stereocenters. The van der Waals surface area contributed by atoms with Crippen molar-refractivity contribution >= 4 is 11.6 Å². The normalized spacial score (nSPS) is 27.8. The second-order valence-corrected chi connectivity index (χ2v) is 5.64. The Morgan fingerprint density at radius 2 is 2.06 bits per heavy atom. The number of aryl methyl sites for hydroxylation is 1. The highest BCUT2D eigenvalue weighted by molar-refractivity contribution is 5.88. The number of carbonyl (C=O) groups is 1. The summed E-state index contributed by atoms with van der Waals surface area (Å²) in [7, 11) is 0. The van der Waals surface area contributed by atoms with Crippen LogP contribution < -0.4 is 11.1 Å². The number of hydrogen-bond donors (Lipinski definition) is 2. The molecule has 98 valence electrons. The van der Waals surface area contributed by atoms with Gasteiger partial charge in [-0.1, -0.05) is 37.5 Å². The van der Waals surface area contributed by atoms with Crippen LogP contribution in [0.3, 0.4) is 0 Å². The van der Waals surface area contributed by atoms with Gasteiger partial charge in [0.15, 0.2) is 0 Å². The standard InChI is InChI=1S/C15H22N2O/c1-11-5-7-13(8-6-11)17-15(14(16)18)9-3-4-12(2)10-15/h5-8,12,17H,3-4,9-10H2,1-2H3,(H2,16,18). The monoisotopic (exact) mass is 246 g/mol. The van der Waals surface area contributed by atoms with E-state index in [0.717, 1.165) is 24.9 Å². The fourth-order valence-electron chi connectivity index (χ4n) is 2.86. The lowest BCUT2D eigenvalue weighted by molar-refractivity contribution is -0.123. The molecule has 0 spiro atoms. The van der Waals surface area contributed by atoms with Crippen molar-refractivity contribution in [2.24, 2.45) is 11.7 Å². The number of hydrogen-bond acceptors (Lipinski definition) is 2. The molecule has 1 saturated carbocycles. The number of carbonyl (C=O) groups excluding carboxylic acids is 1. The molecule has 0 aromatic heterocycles. The summed E-state index contributed by atoms with van der Waals surface area (Å²) in [6.45, 7) is 4.24. The van der Waals surface area contributed by atoms with E-state index in [1.165, 1.54) is 12.0 Å². The van der Waals surface area contributed by atoms with E-state index in [1.807, 2.05) is 24.3 Å². The van der Waals surface area contributed by atoms with Gasteiger partial charge in [0, 0.05) is 5.69 Å². The minimum atomic E-state index is -0.563. The summed E-state index contributed by atoms with van der Waals surface area (Å²) in [5.41, 5.74) is 7.27. The molecule has 3 N–H and O–H groups in total. The van der Waals surface area contributed by atoms with Gasteiger partial charge in [-0.15, -0.1) is 0 Å².